The molecule has 2 aromatic rings. The number of benzene rings is 1. The molecule has 0 unspecified atom stereocenters. The zero-order chi connectivity index (χ0) is 15.4. The predicted molar refractivity (Wildman–Crippen MR) is 82.4 cm³/mol. The number of nitrogens with one attached hydrogen (secondary N) is 1. The largest absolute Gasteiger partial charge is 0.369 e. The lowest BCUT2D eigenvalue weighted by Gasteiger charge is -2.11. The van der Waals surface area contributed by atoms with E-state index < -0.39 is 11.6 Å². The third-order valence-corrected chi connectivity index (χ3v) is 3.84. The summed E-state index contributed by atoms with van der Waals surface area (Å²) in [6, 6.07) is 3.54. The second-order valence-electron chi connectivity index (χ2n) is 4.55. The van der Waals surface area contributed by atoms with Crippen LogP contribution in [-0.4, -0.2) is 16.5 Å². The second kappa shape index (κ2) is 6.93. The SMILES string of the molecule is CCNc1nc(Cc2ccc(F)cc2F)nc(CC)c1Br. The number of aromatic nitrogens is 2. The van der Waals surface area contributed by atoms with Crippen LogP contribution in [0.2, 0.25) is 0 Å². The molecule has 2 rings (SSSR count). The van der Waals surface area contributed by atoms with E-state index in [1.807, 2.05) is 13.8 Å². The van der Waals surface area contributed by atoms with Gasteiger partial charge in [-0.25, -0.2) is 18.7 Å². The highest BCUT2D eigenvalue weighted by molar-refractivity contribution is 9.10. The van der Waals surface area contributed by atoms with E-state index in [1.54, 1.807) is 0 Å². The van der Waals surface area contributed by atoms with Gasteiger partial charge in [-0.1, -0.05) is 13.0 Å². The Labute approximate surface area is 131 Å². The summed E-state index contributed by atoms with van der Waals surface area (Å²) in [5.41, 5.74) is 1.24. The molecule has 0 aliphatic carbocycles. The molecule has 0 fully saturated rings. The van der Waals surface area contributed by atoms with Crippen LogP contribution in [0.4, 0.5) is 14.6 Å². The minimum Gasteiger partial charge on any atom is -0.369 e. The molecule has 0 aliphatic rings. The molecule has 3 nitrogen and oxygen atoms in total. The Balaban J connectivity index is 2.37. The summed E-state index contributed by atoms with van der Waals surface area (Å²) in [4.78, 5) is 8.83. The first kappa shape index (κ1) is 15.8. The number of aryl methyl sites for hydroxylation is 1. The molecule has 0 spiro atoms. The van der Waals surface area contributed by atoms with Crippen LogP contribution in [0.5, 0.6) is 0 Å². The molecule has 0 atom stereocenters. The number of anilines is 1. The fourth-order valence-corrected chi connectivity index (χ4v) is 2.58. The molecule has 0 aliphatic heterocycles. The lowest BCUT2D eigenvalue weighted by molar-refractivity contribution is 0.573. The minimum atomic E-state index is -0.587. The van der Waals surface area contributed by atoms with E-state index in [0.717, 1.165) is 29.2 Å². The fourth-order valence-electron chi connectivity index (χ4n) is 1.98. The van der Waals surface area contributed by atoms with Gasteiger partial charge in [-0.05, 0) is 40.9 Å². The molecule has 21 heavy (non-hydrogen) atoms. The Morgan fingerprint density at radius 1 is 1.19 bits per heavy atom. The van der Waals surface area contributed by atoms with Gasteiger partial charge in [0.2, 0.25) is 0 Å². The van der Waals surface area contributed by atoms with Crippen molar-refractivity contribution >= 4 is 21.7 Å². The zero-order valence-corrected chi connectivity index (χ0v) is 13.5. The summed E-state index contributed by atoms with van der Waals surface area (Å²) in [6.45, 7) is 4.69. The Hall–Kier alpha value is -1.56. The molecule has 1 heterocycles. The Morgan fingerprint density at radius 3 is 2.57 bits per heavy atom. The van der Waals surface area contributed by atoms with Crippen LogP contribution in [-0.2, 0) is 12.8 Å². The maximum Gasteiger partial charge on any atom is 0.144 e. The molecule has 1 N–H and O–H groups in total. The zero-order valence-electron chi connectivity index (χ0n) is 11.9. The average molecular weight is 356 g/mol. The lowest BCUT2D eigenvalue weighted by atomic mass is 10.1. The van der Waals surface area contributed by atoms with Crippen molar-refractivity contribution < 1.29 is 8.78 Å². The molecule has 6 heteroatoms. The van der Waals surface area contributed by atoms with Crippen molar-refractivity contribution in [3.05, 3.63) is 51.4 Å². The van der Waals surface area contributed by atoms with E-state index >= 15 is 0 Å². The van der Waals surface area contributed by atoms with Crippen LogP contribution < -0.4 is 5.32 Å². The van der Waals surface area contributed by atoms with Gasteiger partial charge < -0.3 is 5.32 Å². The summed E-state index contributed by atoms with van der Waals surface area (Å²) in [5, 5.41) is 3.15. The third kappa shape index (κ3) is 3.75. The van der Waals surface area contributed by atoms with Crippen molar-refractivity contribution in [1.82, 2.24) is 9.97 Å². The monoisotopic (exact) mass is 355 g/mol. The normalized spacial score (nSPS) is 10.7. The highest BCUT2D eigenvalue weighted by atomic mass is 79.9. The van der Waals surface area contributed by atoms with E-state index in [2.05, 4.69) is 31.2 Å². The molecule has 0 saturated heterocycles. The van der Waals surface area contributed by atoms with E-state index in [1.165, 1.54) is 12.1 Å². The van der Waals surface area contributed by atoms with Crippen LogP contribution in [0.3, 0.4) is 0 Å². The molecule has 0 radical (unpaired) electrons. The van der Waals surface area contributed by atoms with Gasteiger partial charge in [0, 0.05) is 19.0 Å². The minimum absolute atomic E-state index is 0.227. The van der Waals surface area contributed by atoms with Gasteiger partial charge in [0.25, 0.3) is 0 Å². The van der Waals surface area contributed by atoms with Gasteiger partial charge >= 0.3 is 0 Å². The third-order valence-electron chi connectivity index (χ3n) is 3.01. The second-order valence-corrected chi connectivity index (χ2v) is 5.34. The molecule has 0 bridgehead atoms. The van der Waals surface area contributed by atoms with Crippen molar-refractivity contribution in [2.75, 3.05) is 11.9 Å². The van der Waals surface area contributed by atoms with Crippen LogP contribution in [0.15, 0.2) is 22.7 Å². The molecular weight excluding hydrogens is 340 g/mol. The summed E-state index contributed by atoms with van der Waals surface area (Å²) in [6.07, 6.45) is 0.963. The number of hydrogen-bond acceptors (Lipinski definition) is 3. The topological polar surface area (TPSA) is 37.8 Å². The molecule has 1 aromatic heterocycles. The first-order chi connectivity index (χ1) is 10.0. The van der Waals surface area contributed by atoms with E-state index in [0.29, 0.717) is 17.2 Å². The van der Waals surface area contributed by atoms with Crippen LogP contribution in [0.1, 0.15) is 30.9 Å². The van der Waals surface area contributed by atoms with Gasteiger partial charge in [0.05, 0.1) is 10.2 Å². The lowest BCUT2D eigenvalue weighted by Crippen LogP contribution is -2.08. The van der Waals surface area contributed by atoms with Gasteiger partial charge in [-0.2, -0.15) is 0 Å². The van der Waals surface area contributed by atoms with Crippen LogP contribution in [0, 0.1) is 11.6 Å². The van der Waals surface area contributed by atoms with Crippen molar-refractivity contribution in [2.24, 2.45) is 0 Å². The fraction of sp³-hybridized carbons (Fsp3) is 0.333. The Bertz CT molecular complexity index is 647. The molecule has 112 valence electrons. The maximum atomic E-state index is 13.7. The van der Waals surface area contributed by atoms with E-state index in [4.69, 9.17) is 0 Å². The van der Waals surface area contributed by atoms with Crippen molar-refractivity contribution in [1.29, 1.82) is 0 Å². The average Bonchev–Trinajstić information content (AvgIpc) is 2.45. The summed E-state index contributed by atoms with van der Waals surface area (Å²) >= 11 is 3.47. The smallest absolute Gasteiger partial charge is 0.144 e. The van der Waals surface area contributed by atoms with Crippen molar-refractivity contribution in [3.63, 3.8) is 0 Å². The summed E-state index contributed by atoms with van der Waals surface area (Å²) in [7, 11) is 0. The first-order valence-electron chi connectivity index (χ1n) is 6.78. The summed E-state index contributed by atoms with van der Waals surface area (Å²) < 4.78 is 27.5. The quantitative estimate of drug-likeness (QED) is 0.877. The van der Waals surface area contributed by atoms with Crippen LogP contribution in [0.25, 0.3) is 0 Å². The highest BCUT2D eigenvalue weighted by Crippen LogP contribution is 2.25. The van der Waals surface area contributed by atoms with Gasteiger partial charge in [0.1, 0.15) is 23.3 Å². The summed E-state index contributed by atoms with van der Waals surface area (Å²) in [5.74, 6) is 0.0403. The van der Waals surface area contributed by atoms with E-state index in [-0.39, 0.29) is 6.42 Å². The number of hydrogen-bond donors (Lipinski definition) is 1. The number of rotatable bonds is 5. The Morgan fingerprint density at radius 2 is 1.95 bits per heavy atom. The Kier molecular flexibility index (Phi) is 5.22. The molecule has 1 aromatic carbocycles. The van der Waals surface area contributed by atoms with Crippen LogP contribution >= 0.6 is 15.9 Å². The highest BCUT2D eigenvalue weighted by Gasteiger charge is 2.13. The maximum absolute atomic E-state index is 13.7. The molecule has 0 amide bonds. The number of nitrogens with zero attached hydrogens (tertiary/aromatic N) is 2. The van der Waals surface area contributed by atoms with Gasteiger partial charge in [0.15, 0.2) is 0 Å². The molecular formula is C15H16BrF2N3. The standard InChI is InChI=1S/C15H16BrF2N3/c1-3-12-14(16)15(19-4-2)21-13(20-12)7-9-5-6-10(17)8-11(9)18/h5-6,8H,3-4,7H2,1-2H3,(H,19,20,21). The molecule has 0 saturated carbocycles. The van der Waals surface area contributed by atoms with Gasteiger partial charge in [-0.3, -0.25) is 0 Å². The van der Waals surface area contributed by atoms with Crippen molar-refractivity contribution in [2.45, 2.75) is 26.7 Å². The number of halogens is 3. The van der Waals surface area contributed by atoms with E-state index in [9.17, 15) is 8.78 Å². The predicted octanol–water partition coefficient (Wildman–Crippen LogP) is 4.10. The van der Waals surface area contributed by atoms with Crippen molar-refractivity contribution in [3.8, 4) is 0 Å². The first-order valence-corrected chi connectivity index (χ1v) is 7.57. The van der Waals surface area contributed by atoms with Gasteiger partial charge in [-0.15, -0.1) is 0 Å².